The van der Waals surface area contributed by atoms with Crippen molar-refractivity contribution in [1.82, 2.24) is 0 Å². The fourth-order valence-corrected chi connectivity index (χ4v) is 0.0825. The molecule has 70 valence electrons. The number of hydrogen-bond acceptors (Lipinski definition) is 2. The first-order chi connectivity index (χ1) is 4.77. The van der Waals surface area contributed by atoms with E-state index in [9.17, 15) is 13.2 Å². The van der Waals surface area contributed by atoms with Gasteiger partial charge >= 0.3 is 8.26 Å². The Hall–Kier alpha value is 0.320. The van der Waals surface area contributed by atoms with Gasteiger partial charge in [-0.1, -0.05) is 0 Å². The number of halogens is 5. The van der Waals surface area contributed by atoms with Crippen molar-refractivity contribution in [1.29, 1.82) is 0 Å². The van der Waals surface area contributed by atoms with Crippen LogP contribution in [0.3, 0.4) is 0 Å². The Morgan fingerprint density at radius 2 is 1.55 bits per heavy atom. The normalized spacial score (nSPS) is 10.7. The lowest BCUT2D eigenvalue weighted by Gasteiger charge is -1.85. The van der Waals surface area contributed by atoms with Gasteiger partial charge in [0.15, 0.2) is 0 Å². The van der Waals surface area contributed by atoms with E-state index in [0.717, 1.165) is 0 Å². The molecule has 0 bridgehead atoms. The van der Waals surface area contributed by atoms with Gasteiger partial charge in [0, 0.05) is 27.8 Å². The second-order valence-corrected chi connectivity index (χ2v) is 4.92. The van der Waals surface area contributed by atoms with Crippen LogP contribution in [0.25, 0.3) is 0 Å². The summed E-state index contributed by atoms with van der Waals surface area (Å²) in [6, 6.07) is 0. The van der Waals surface area contributed by atoms with Crippen molar-refractivity contribution in [2.24, 2.45) is 0 Å². The maximum atomic E-state index is 10.8. The highest BCUT2D eigenvalue weighted by atomic mass is 36.0. The van der Waals surface area contributed by atoms with Crippen molar-refractivity contribution in [3.63, 3.8) is 0 Å². The summed E-state index contributed by atoms with van der Waals surface area (Å²) in [6.45, 7) is -0.919. The van der Waals surface area contributed by atoms with Crippen LogP contribution in [0.5, 0.6) is 0 Å². The number of hydrogen-bond donors (Lipinski definition) is 0. The van der Waals surface area contributed by atoms with E-state index in [-0.39, 0.29) is 0 Å². The van der Waals surface area contributed by atoms with Crippen molar-refractivity contribution in [3.8, 4) is 0 Å². The molecule has 0 aromatic rings. The predicted molar refractivity (Wildman–Crippen MR) is 37.2 cm³/mol. The van der Waals surface area contributed by atoms with Gasteiger partial charge in [0.2, 0.25) is 6.43 Å². The minimum Gasteiger partial charge on any atom is -0.251 e. The summed E-state index contributed by atoms with van der Waals surface area (Å²) in [5, 5.41) is 0. The molecule has 0 aromatic heterocycles. The lowest BCUT2D eigenvalue weighted by molar-refractivity contribution is 0.127. The average molecular weight is 233 g/mol. The summed E-state index contributed by atoms with van der Waals surface area (Å²) in [5.41, 5.74) is 0. The van der Waals surface area contributed by atoms with Crippen LogP contribution in [-0.2, 0) is 8.26 Å². The fourth-order valence-electron chi connectivity index (χ4n) is 0.0825. The molecule has 0 atom stereocenters. The Kier molecular flexibility index (Phi) is 8.83. The van der Waals surface area contributed by atoms with Crippen molar-refractivity contribution >= 4 is 29.6 Å². The van der Waals surface area contributed by atoms with Crippen LogP contribution in [0, 0.1) is 0 Å². The Morgan fingerprint density at radius 3 is 1.55 bits per heavy atom. The Labute approximate surface area is 71.2 Å². The first-order valence-electron chi connectivity index (χ1n) is 2.25. The van der Waals surface area contributed by atoms with Gasteiger partial charge in [-0.25, -0.2) is 8.78 Å². The molecular weight excluding hydrogens is 228 g/mol. The summed E-state index contributed by atoms with van der Waals surface area (Å²) >= 11 is 0. The second-order valence-electron chi connectivity index (χ2n) is 1.25. The van der Waals surface area contributed by atoms with Gasteiger partial charge in [-0.15, -0.1) is 0 Å². The standard InChI is InChI=1S/C3H5F3.Cl2O2S/c4-2-1-3(5)6;1-5(2,3)4/h3H,1-2H2;. The molecule has 11 heavy (non-hydrogen) atoms. The summed E-state index contributed by atoms with van der Waals surface area (Å²) in [6.07, 6.45) is -3.10. The Balaban J connectivity index is 0. The van der Waals surface area contributed by atoms with Crippen molar-refractivity contribution in [2.45, 2.75) is 12.8 Å². The van der Waals surface area contributed by atoms with Gasteiger partial charge in [0.1, 0.15) is 0 Å². The molecule has 0 spiro atoms. The molecule has 0 saturated heterocycles. The van der Waals surface area contributed by atoms with E-state index in [0.29, 0.717) is 0 Å². The molecule has 0 heterocycles. The fraction of sp³-hybridized carbons (Fsp3) is 1.00. The summed E-state index contributed by atoms with van der Waals surface area (Å²) in [7, 11) is 4.81. The van der Waals surface area contributed by atoms with E-state index in [4.69, 9.17) is 8.42 Å². The number of rotatable bonds is 2. The van der Waals surface area contributed by atoms with E-state index >= 15 is 0 Å². The summed E-state index contributed by atoms with van der Waals surface area (Å²) < 4.78 is 50.7. The molecule has 0 saturated carbocycles. The summed E-state index contributed by atoms with van der Waals surface area (Å²) in [4.78, 5) is 0. The molecule has 0 unspecified atom stereocenters. The monoisotopic (exact) mass is 232 g/mol. The highest BCUT2D eigenvalue weighted by Gasteiger charge is 1.97. The largest absolute Gasteiger partial charge is 0.317 e. The molecule has 0 amide bonds. The van der Waals surface area contributed by atoms with Crippen molar-refractivity contribution in [3.05, 3.63) is 0 Å². The van der Waals surface area contributed by atoms with Gasteiger partial charge in [0.05, 0.1) is 6.67 Å². The van der Waals surface area contributed by atoms with Crippen molar-refractivity contribution < 1.29 is 21.6 Å². The molecule has 0 aliphatic heterocycles. The highest BCUT2D eigenvalue weighted by molar-refractivity contribution is 8.31. The first-order valence-corrected chi connectivity index (χ1v) is 5.39. The van der Waals surface area contributed by atoms with Crippen LogP contribution in [0.2, 0.25) is 0 Å². The smallest absolute Gasteiger partial charge is 0.251 e. The molecule has 0 aliphatic carbocycles. The maximum absolute atomic E-state index is 10.8. The predicted octanol–water partition coefficient (Wildman–Crippen LogP) is 2.32. The van der Waals surface area contributed by atoms with Crippen LogP contribution in [0.1, 0.15) is 6.42 Å². The van der Waals surface area contributed by atoms with Crippen LogP contribution in [0.15, 0.2) is 0 Å². The zero-order valence-electron chi connectivity index (χ0n) is 5.11. The quantitative estimate of drug-likeness (QED) is 0.686. The minimum atomic E-state index is -3.72. The molecule has 0 aliphatic rings. The van der Waals surface area contributed by atoms with Crippen LogP contribution >= 0.6 is 21.4 Å². The maximum Gasteiger partial charge on any atom is 0.317 e. The summed E-state index contributed by atoms with van der Waals surface area (Å²) in [5.74, 6) is 0. The molecule has 0 rings (SSSR count). The van der Waals surface area contributed by atoms with Crippen LogP contribution in [0.4, 0.5) is 13.2 Å². The highest BCUT2D eigenvalue weighted by Crippen LogP contribution is 1.98. The third-order valence-corrected chi connectivity index (χ3v) is 0.327. The molecule has 0 fully saturated rings. The van der Waals surface area contributed by atoms with Gasteiger partial charge in [0.25, 0.3) is 0 Å². The van der Waals surface area contributed by atoms with Crippen molar-refractivity contribution in [2.75, 3.05) is 6.67 Å². The third-order valence-electron chi connectivity index (χ3n) is 0.327. The Morgan fingerprint density at radius 1 is 1.27 bits per heavy atom. The molecule has 0 radical (unpaired) electrons. The van der Waals surface area contributed by atoms with Gasteiger partial charge < -0.3 is 0 Å². The molecule has 8 heteroatoms. The minimum absolute atomic E-state index is 0.625. The van der Waals surface area contributed by atoms with Gasteiger partial charge in [-0.2, -0.15) is 8.42 Å². The topological polar surface area (TPSA) is 34.1 Å². The second kappa shape index (κ2) is 7.00. The average Bonchev–Trinajstić information content (AvgIpc) is 1.58. The lowest BCUT2D eigenvalue weighted by Crippen LogP contribution is -1.88. The van der Waals surface area contributed by atoms with E-state index in [2.05, 4.69) is 21.4 Å². The van der Waals surface area contributed by atoms with Crippen LogP contribution < -0.4 is 0 Å². The zero-order valence-corrected chi connectivity index (χ0v) is 7.43. The van der Waals surface area contributed by atoms with Gasteiger partial charge in [-0.3, -0.25) is 4.39 Å². The Bertz CT molecular complexity index is 161. The van der Waals surface area contributed by atoms with E-state index in [1.807, 2.05) is 0 Å². The molecular formula is C3H5Cl2F3O2S. The zero-order chi connectivity index (χ0) is 9.49. The molecule has 0 aromatic carbocycles. The molecule has 0 N–H and O–H groups in total. The van der Waals surface area contributed by atoms with Gasteiger partial charge in [-0.05, 0) is 0 Å². The third kappa shape index (κ3) is 64.8. The molecule has 2 nitrogen and oxygen atoms in total. The van der Waals surface area contributed by atoms with Crippen LogP contribution in [-0.4, -0.2) is 21.5 Å². The first kappa shape index (κ1) is 13.9. The lowest BCUT2D eigenvalue weighted by atomic mass is 10.5. The number of alkyl halides is 3. The van der Waals surface area contributed by atoms with E-state index in [1.165, 1.54) is 0 Å². The SMILES string of the molecule is FCCC(F)F.O=S(=O)(Cl)Cl. The van der Waals surface area contributed by atoms with E-state index in [1.54, 1.807) is 0 Å². The van der Waals surface area contributed by atoms with E-state index < -0.39 is 27.8 Å².